The fourth-order valence-electron chi connectivity index (χ4n) is 2.14. The van der Waals surface area contributed by atoms with Gasteiger partial charge in [0.05, 0.1) is 0 Å². The van der Waals surface area contributed by atoms with Gasteiger partial charge in [0.25, 0.3) is 0 Å². The molecule has 1 atom stereocenters. The number of hydrogen-bond acceptors (Lipinski definition) is 1. The summed E-state index contributed by atoms with van der Waals surface area (Å²) in [6, 6.07) is 0. The average molecular weight is 204 g/mol. The van der Waals surface area contributed by atoms with Gasteiger partial charge in [-0.15, -0.1) is 11.6 Å². The summed E-state index contributed by atoms with van der Waals surface area (Å²) in [5, 5.41) is 0. The molecular formula is C11H22ClN. The maximum Gasteiger partial charge on any atom is 0.0235 e. The second-order valence-electron chi connectivity index (χ2n) is 4.09. The summed E-state index contributed by atoms with van der Waals surface area (Å²) < 4.78 is 0. The Balaban J connectivity index is 2.19. The van der Waals surface area contributed by atoms with Crippen LogP contribution in [0, 0.1) is 5.92 Å². The summed E-state index contributed by atoms with van der Waals surface area (Å²) in [6.45, 7) is 6.13. The van der Waals surface area contributed by atoms with Crippen molar-refractivity contribution in [3.05, 3.63) is 0 Å². The Bertz CT molecular complexity index is 127. The van der Waals surface area contributed by atoms with Crippen molar-refractivity contribution in [1.29, 1.82) is 0 Å². The average Bonchev–Trinajstić information content (AvgIpc) is 2.39. The minimum atomic E-state index is 0.813. The van der Waals surface area contributed by atoms with Gasteiger partial charge in [0.1, 0.15) is 0 Å². The van der Waals surface area contributed by atoms with Gasteiger partial charge < -0.3 is 4.90 Å². The third-order valence-corrected chi connectivity index (χ3v) is 3.39. The van der Waals surface area contributed by atoms with Crippen molar-refractivity contribution in [1.82, 2.24) is 4.90 Å². The molecule has 78 valence electrons. The highest BCUT2D eigenvalue weighted by atomic mass is 35.5. The predicted octanol–water partition coefficient (Wildman–Crippen LogP) is 3.13. The van der Waals surface area contributed by atoms with Crippen LogP contribution in [0.2, 0.25) is 0 Å². The van der Waals surface area contributed by atoms with Crippen molar-refractivity contribution < 1.29 is 0 Å². The molecule has 0 aromatic heterocycles. The van der Waals surface area contributed by atoms with E-state index in [0.29, 0.717) is 0 Å². The fourth-order valence-corrected chi connectivity index (χ4v) is 2.26. The van der Waals surface area contributed by atoms with Crippen molar-refractivity contribution >= 4 is 11.6 Å². The quantitative estimate of drug-likeness (QED) is 0.635. The second-order valence-corrected chi connectivity index (χ2v) is 4.47. The van der Waals surface area contributed by atoms with Gasteiger partial charge in [-0.1, -0.05) is 13.3 Å². The van der Waals surface area contributed by atoms with Crippen molar-refractivity contribution in [2.24, 2.45) is 5.92 Å². The maximum absolute atomic E-state index is 5.69. The van der Waals surface area contributed by atoms with E-state index in [4.69, 9.17) is 11.6 Å². The van der Waals surface area contributed by atoms with Crippen LogP contribution in [0.15, 0.2) is 0 Å². The zero-order valence-corrected chi connectivity index (χ0v) is 9.52. The molecule has 0 radical (unpaired) electrons. The molecule has 2 heteroatoms. The molecule has 0 aromatic rings. The van der Waals surface area contributed by atoms with E-state index in [0.717, 1.165) is 18.2 Å². The largest absolute Gasteiger partial charge is 0.303 e. The Kier molecular flexibility index (Phi) is 5.81. The molecule has 0 aliphatic carbocycles. The lowest BCUT2D eigenvalue weighted by Crippen LogP contribution is -2.26. The first-order valence-electron chi connectivity index (χ1n) is 5.65. The van der Waals surface area contributed by atoms with E-state index in [1.165, 1.54) is 45.3 Å². The van der Waals surface area contributed by atoms with E-state index >= 15 is 0 Å². The predicted molar refractivity (Wildman–Crippen MR) is 59.4 cm³/mol. The topological polar surface area (TPSA) is 3.24 Å². The first-order chi connectivity index (χ1) is 6.36. The Morgan fingerprint density at radius 3 is 2.85 bits per heavy atom. The van der Waals surface area contributed by atoms with Crippen molar-refractivity contribution in [3.8, 4) is 0 Å². The smallest absolute Gasteiger partial charge is 0.0235 e. The van der Waals surface area contributed by atoms with E-state index in [1.54, 1.807) is 0 Å². The monoisotopic (exact) mass is 203 g/mol. The molecule has 0 aromatic carbocycles. The van der Waals surface area contributed by atoms with Gasteiger partial charge in [-0.25, -0.2) is 0 Å². The van der Waals surface area contributed by atoms with Gasteiger partial charge in [-0.2, -0.15) is 0 Å². The van der Waals surface area contributed by atoms with Gasteiger partial charge in [0.15, 0.2) is 0 Å². The normalized spacial score (nSPS) is 25.8. The highest BCUT2D eigenvalue weighted by Crippen LogP contribution is 2.20. The van der Waals surface area contributed by atoms with Crippen LogP contribution in [0.1, 0.15) is 39.0 Å². The lowest BCUT2D eigenvalue weighted by atomic mass is 9.98. The van der Waals surface area contributed by atoms with Crippen molar-refractivity contribution in [3.63, 3.8) is 0 Å². The number of alkyl halides is 1. The molecule has 1 aliphatic heterocycles. The molecule has 0 bridgehead atoms. The van der Waals surface area contributed by atoms with Crippen molar-refractivity contribution in [2.75, 3.05) is 25.5 Å². The Morgan fingerprint density at radius 2 is 2.15 bits per heavy atom. The molecular weight excluding hydrogens is 182 g/mol. The van der Waals surface area contributed by atoms with Crippen molar-refractivity contribution in [2.45, 2.75) is 39.0 Å². The van der Waals surface area contributed by atoms with Gasteiger partial charge in [0.2, 0.25) is 0 Å². The van der Waals surface area contributed by atoms with Crippen LogP contribution in [-0.4, -0.2) is 30.4 Å². The summed E-state index contributed by atoms with van der Waals surface area (Å²) in [5.41, 5.74) is 0. The van der Waals surface area contributed by atoms with Gasteiger partial charge in [-0.3, -0.25) is 0 Å². The zero-order valence-electron chi connectivity index (χ0n) is 8.77. The third kappa shape index (κ3) is 4.33. The second kappa shape index (κ2) is 6.67. The molecule has 1 unspecified atom stereocenters. The number of rotatable bonds is 4. The van der Waals surface area contributed by atoms with E-state index in [2.05, 4.69) is 11.8 Å². The SMILES string of the molecule is CCC1CCCN(CCCCl)CC1. The lowest BCUT2D eigenvalue weighted by Gasteiger charge is -2.19. The van der Waals surface area contributed by atoms with E-state index in [1.807, 2.05) is 0 Å². The summed E-state index contributed by atoms with van der Waals surface area (Å²) >= 11 is 5.69. The van der Waals surface area contributed by atoms with Gasteiger partial charge in [-0.05, 0) is 51.2 Å². The molecule has 1 aliphatic rings. The number of likely N-dealkylation sites (tertiary alicyclic amines) is 1. The minimum absolute atomic E-state index is 0.813. The van der Waals surface area contributed by atoms with Crippen LogP contribution in [0.5, 0.6) is 0 Å². The van der Waals surface area contributed by atoms with Gasteiger partial charge >= 0.3 is 0 Å². The molecule has 1 rings (SSSR count). The highest BCUT2D eigenvalue weighted by molar-refractivity contribution is 6.17. The fraction of sp³-hybridized carbons (Fsp3) is 1.00. The summed E-state index contributed by atoms with van der Waals surface area (Å²) in [6.07, 6.45) is 6.75. The third-order valence-electron chi connectivity index (χ3n) is 3.13. The summed E-state index contributed by atoms with van der Waals surface area (Å²) in [4.78, 5) is 2.58. The molecule has 0 spiro atoms. The number of halogens is 1. The van der Waals surface area contributed by atoms with Crippen LogP contribution in [0.4, 0.5) is 0 Å². The molecule has 1 nitrogen and oxygen atoms in total. The molecule has 13 heavy (non-hydrogen) atoms. The summed E-state index contributed by atoms with van der Waals surface area (Å²) in [7, 11) is 0. The van der Waals surface area contributed by atoms with Crippen LogP contribution >= 0.6 is 11.6 Å². The van der Waals surface area contributed by atoms with E-state index < -0.39 is 0 Å². The maximum atomic E-state index is 5.69. The molecule has 1 saturated heterocycles. The summed E-state index contributed by atoms with van der Waals surface area (Å²) in [5.74, 6) is 1.80. The minimum Gasteiger partial charge on any atom is -0.303 e. The Morgan fingerprint density at radius 1 is 1.31 bits per heavy atom. The molecule has 0 N–H and O–H groups in total. The van der Waals surface area contributed by atoms with E-state index in [-0.39, 0.29) is 0 Å². The lowest BCUT2D eigenvalue weighted by molar-refractivity contribution is 0.281. The zero-order chi connectivity index (χ0) is 9.52. The first kappa shape index (κ1) is 11.3. The molecule has 1 fully saturated rings. The first-order valence-corrected chi connectivity index (χ1v) is 6.18. The standard InChI is InChI=1S/C11H22ClN/c1-2-11-5-3-8-13(10-6-11)9-4-7-12/h11H,2-10H2,1H3. The van der Waals surface area contributed by atoms with Crippen LogP contribution in [-0.2, 0) is 0 Å². The van der Waals surface area contributed by atoms with Crippen LogP contribution in [0.25, 0.3) is 0 Å². The van der Waals surface area contributed by atoms with Gasteiger partial charge in [0, 0.05) is 5.88 Å². The number of nitrogens with zero attached hydrogens (tertiary/aromatic N) is 1. The molecule has 0 amide bonds. The highest BCUT2D eigenvalue weighted by Gasteiger charge is 2.14. The Hall–Kier alpha value is 0.250. The van der Waals surface area contributed by atoms with Crippen LogP contribution < -0.4 is 0 Å². The molecule has 0 saturated carbocycles. The molecule has 1 heterocycles. The number of hydrogen-bond donors (Lipinski definition) is 0. The Labute approximate surface area is 87.4 Å². The van der Waals surface area contributed by atoms with Crippen LogP contribution in [0.3, 0.4) is 0 Å². The van der Waals surface area contributed by atoms with E-state index in [9.17, 15) is 0 Å².